The zero-order valence-corrected chi connectivity index (χ0v) is 22.5. The quantitative estimate of drug-likeness (QED) is 0.465. The van der Waals surface area contributed by atoms with Gasteiger partial charge >= 0.3 is 0 Å². The predicted octanol–water partition coefficient (Wildman–Crippen LogP) is 5.98. The Balaban J connectivity index is 1.61. The molecular weight excluding hydrogens is 486 g/mol. The van der Waals surface area contributed by atoms with Crippen molar-refractivity contribution in [1.82, 2.24) is 0 Å². The molecule has 180 valence electrons. The summed E-state index contributed by atoms with van der Waals surface area (Å²) in [6.07, 6.45) is 8.32. The highest BCUT2D eigenvalue weighted by molar-refractivity contribution is 7.51. The van der Waals surface area contributed by atoms with Crippen molar-refractivity contribution in [1.29, 1.82) is 0 Å². The number of aryl methyl sites for hydroxylation is 4. The Morgan fingerprint density at radius 1 is 0.500 bits per heavy atom. The van der Waals surface area contributed by atoms with Gasteiger partial charge in [-0.2, -0.15) is 0 Å². The lowest BCUT2D eigenvalue weighted by Gasteiger charge is -2.22. The predicted molar refractivity (Wildman–Crippen MR) is 148 cm³/mol. The first-order chi connectivity index (χ1) is 17.4. The highest BCUT2D eigenvalue weighted by Gasteiger charge is 2.35. The highest BCUT2D eigenvalue weighted by atomic mass is 31.1. The zero-order valence-electron chi connectivity index (χ0n) is 20.7. The number of ether oxygens (including phenoxy) is 4. The Morgan fingerprint density at radius 3 is 1.28 bits per heavy atom. The lowest BCUT2D eigenvalue weighted by atomic mass is 9.92. The van der Waals surface area contributed by atoms with Gasteiger partial charge in [0.25, 0.3) is 0 Å². The van der Waals surface area contributed by atoms with E-state index in [4.69, 9.17) is 18.9 Å². The average molecular weight is 512 g/mol. The summed E-state index contributed by atoms with van der Waals surface area (Å²) >= 11 is 0. The minimum Gasteiger partial charge on any atom is -0.454 e. The van der Waals surface area contributed by atoms with Crippen LogP contribution in [-0.2, 0) is 18.9 Å². The number of rotatable bonds is 2. The largest absolute Gasteiger partial charge is 0.454 e. The molecule has 2 aliphatic carbocycles. The van der Waals surface area contributed by atoms with Crippen molar-refractivity contribution < 1.29 is 18.9 Å². The molecular formula is C30H26O4P2. The van der Waals surface area contributed by atoms with Gasteiger partial charge in [-0.1, -0.05) is 28.5 Å². The van der Waals surface area contributed by atoms with E-state index >= 15 is 0 Å². The van der Waals surface area contributed by atoms with Gasteiger partial charge in [-0.25, -0.2) is 0 Å². The minimum atomic E-state index is 0.211. The molecule has 6 heteroatoms. The van der Waals surface area contributed by atoms with Crippen molar-refractivity contribution in [3.63, 3.8) is 0 Å². The number of benzene rings is 2. The Labute approximate surface area is 214 Å². The van der Waals surface area contributed by atoms with Crippen LogP contribution >= 0.6 is 16.4 Å². The summed E-state index contributed by atoms with van der Waals surface area (Å²) in [5.74, 6) is 3.06. The number of hydrogen-bond acceptors (Lipinski definition) is 4. The summed E-state index contributed by atoms with van der Waals surface area (Å²) in [6, 6.07) is 13.4. The SMILES string of the molecule is Cc1cc(C)cc(P=C2C=CC3=C(OCO3)C2=C2C(=Pc3cc(C)cc(C)c3)C=CC3=C2OCO3)c1. The molecule has 2 aliphatic heterocycles. The van der Waals surface area contributed by atoms with E-state index in [2.05, 4.69) is 76.2 Å². The lowest BCUT2D eigenvalue weighted by Crippen LogP contribution is -2.18. The van der Waals surface area contributed by atoms with Crippen molar-refractivity contribution in [2.45, 2.75) is 27.7 Å². The van der Waals surface area contributed by atoms with Crippen LogP contribution in [0.15, 0.2) is 94.9 Å². The minimum absolute atomic E-state index is 0.211. The first kappa shape index (κ1) is 23.1. The third-order valence-electron chi connectivity index (χ3n) is 6.20. The van der Waals surface area contributed by atoms with Gasteiger partial charge in [0.05, 0.1) is 0 Å². The summed E-state index contributed by atoms with van der Waals surface area (Å²) < 4.78 is 23.8. The van der Waals surface area contributed by atoms with Gasteiger partial charge in [0.2, 0.25) is 13.6 Å². The average Bonchev–Trinajstić information content (AvgIpc) is 3.47. The van der Waals surface area contributed by atoms with Gasteiger partial charge < -0.3 is 18.9 Å². The second-order valence-electron chi connectivity index (χ2n) is 9.30. The molecule has 4 nitrogen and oxygen atoms in total. The van der Waals surface area contributed by atoms with Crippen LogP contribution in [0, 0.1) is 27.7 Å². The summed E-state index contributed by atoms with van der Waals surface area (Å²) in [5.41, 5.74) is 7.05. The van der Waals surface area contributed by atoms with Gasteiger partial charge in [-0.15, -0.1) is 0 Å². The molecule has 0 amide bonds. The summed E-state index contributed by atoms with van der Waals surface area (Å²) in [5, 5.41) is 4.77. The van der Waals surface area contributed by atoms with Gasteiger partial charge in [0.1, 0.15) is 0 Å². The van der Waals surface area contributed by atoms with Crippen LogP contribution < -0.4 is 10.6 Å². The third kappa shape index (κ3) is 4.37. The maximum absolute atomic E-state index is 6.09. The van der Waals surface area contributed by atoms with E-state index in [0.29, 0.717) is 0 Å². The molecule has 0 spiro atoms. The lowest BCUT2D eigenvalue weighted by molar-refractivity contribution is 0.0754. The molecule has 0 saturated carbocycles. The van der Waals surface area contributed by atoms with Crippen molar-refractivity contribution in [3.8, 4) is 0 Å². The molecule has 2 aromatic carbocycles. The Kier molecular flexibility index (Phi) is 5.96. The van der Waals surface area contributed by atoms with Gasteiger partial charge in [-0.3, -0.25) is 0 Å². The smallest absolute Gasteiger partial charge is 0.231 e. The van der Waals surface area contributed by atoms with Crippen molar-refractivity contribution in [2.24, 2.45) is 0 Å². The maximum atomic E-state index is 6.09. The highest BCUT2D eigenvalue weighted by Crippen LogP contribution is 2.41. The van der Waals surface area contributed by atoms with Crippen LogP contribution in [0.25, 0.3) is 0 Å². The van der Waals surface area contributed by atoms with E-state index in [9.17, 15) is 0 Å². The van der Waals surface area contributed by atoms with E-state index in [0.717, 1.165) is 61.2 Å². The van der Waals surface area contributed by atoms with Crippen molar-refractivity contribution in [2.75, 3.05) is 13.6 Å². The zero-order chi connectivity index (χ0) is 24.8. The normalized spacial score (nSPS) is 22.4. The van der Waals surface area contributed by atoms with Crippen LogP contribution in [0.4, 0.5) is 0 Å². The molecule has 0 unspecified atom stereocenters. The fourth-order valence-electron chi connectivity index (χ4n) is 4.90. The topological polar surface area (TPSA) is 36.9 Å². The molecule has 0 atom stereocenters. The molecule has 0 fully saturated rings. The Hall–Kier alpha value is -3.32. The van der Waals surface area contributed by atoms with Crippen LogP contribution in [0.3, 0.4) is 0 Å². The van der Waals surface area contributed by atoms with Crippen LogP contribution in [-0.4, -0.2) is 24.2 Å². The third-order valence-corrected chi connectivity index (χ3v) is 8.46. The molecule has 6 rings (SSSR count). The van der Waals surface area contributed by atoms with E-state index < -0.39 is 0 Å². The molecule has 0 bridgehead atoms. The Bertz CT molecular complexity index is 1360. The van der Waals surface area contributed by atoms with E-state index in [-0.39, 0.29) is 13.6 Å². The first-order valence-electron chi connectivity index (χ1n) is 11.9. The molecule has 0 radical (unpaired) electrons. The summed E-state index contributed by atoms with van der Waals surface area (Å²) in [6.45, 7) is 8.99. The fraction of sp³-hybridized carbons (Fsp3) is 0.200. The summed E-state index contributed by atoms with van der Waals surface area (Å²) in [4.78, 5) is 0. The van der Waals surface area contributed by atoms with Crippen LogP contribution in [0.5, 0.6) is 0 Å². The Morgan fingerprint density at radius 2 is 0.889 bits per heavy atom. The molecule has 36 heavy (non-hydrogen) atoms. The monoisotopic (exact) mass is 512 g/mol. The standard InChI is InChI=1S/C30H26O4P2/c1-17-9-18(2)12-21(11-17)35-25-7-5-23-29(33-15-31-23)27(25)28-26(8-6-24-30(28)34-16-32-24)36-22-13-19(3)10-20(4)14-22/h5-14H,15-16H2,1-4H3. The van der Waals surface area contributed by atoms with Gasteiger partial charge in [0, 0.05) is 32.3 Å². The second-order valence-corrected chi connectivity index (χ2v) is 11.7. The van der Waals surface area contributed by atoms with E-state index in [1.54, 1.807) is 0 Å². The van der Waals surface area contributed by atoms with Crippen molar-refractivity contribution in [3.05, 3.63) is 117 Å². The molecule has 0 saturated heterocycles. The van der Waals surface area contributed by atoms with Crippen LogP contribution in [0.1, 0.15) is 22.3 Å². The molecule has 0 aromatic heterocycles. The molecule has 2 heterocycles. The number of allylic oxidation sites excluding steroid dienone is 6. The van der Waals surface area contributed by atoms with E-state index in [1.165, 1.54) is 32.9 Å². The maximum Gasteiger partial charge on any atom is 0.231 e. The number of hydrogen-bond donors (Lipinski definition) is 0. The van der Waals surface area contributed by atoms with Gasteiger partial charge in [-0.05, 0) is 98.5 Å². The molecule has 2 aromatic rings. The van der Waals surface area contributed by atoms with Crippen molar-refractivity contribution >= 4 is 37.6 Å². The van der Waals surface area contributed by atoms with E-state index in [1.807, 2.05) is 12.2 Å². The second kappa shape index (κ2) is 9.28. The molecule has 0 N–H and O–H groups in total. The van der Waals surface area contributed by atoms with Gasteiger partial charge in [0.15, 0.2) is 23.0 Å². The van der Waals surface area contributed by atoms with Crippen LogP contribution in [0.2, 0.25) is 0 Å². The first-order valence-corrected chi connectivity index (χ1v) is 13.7. The fourth-order valence-corrected chi connectivity index (χ4v) is 7.48. The molecule has 4 aliphatic rings. The summed E-state index contributed by atoms with van der Waals surface area (Å²) in [7, 11) is 2.19.